The summed E-state index contributed by atoms with van der Waals surface area (Å²) in [7, 11) is 0. The molecule has 0 aromatic heterocycles. The van der Waals surface area contributed by atoms with Crippen LogP contribution < -0.4 is 0 Å². The molecular formula is C11H12BrCl2N. The number of alkyl halides is 1. The van der Waals surface area contributed by atoms with Crippen LogP contribution in [0.1, 0.15) is 12.0 Å². The molecule has 1 aromatic carbocycles. The van der Waals surface area contributed by atoms with Crippen molar-refractivity contribution in [3.8, 4) is 0 Å². The summed E-state index contributed by atoms with van der Waals surface area (Å²) in [5.74, 6) is 0. The highest BCUT2D eigenvalue weighted by Crippen LogP contribution is 2.24. The lowest BCUT2D eigenvalue weighted by Gasteiger charge is -2.15. The molecule has 1 nitrogen and oxygen atoms in total. The first kappa shape index (κ1) is 11.7. The lowest BCUT2D eigenvalue weighted by atomic mass is 10.2. The van der Waals surface area contributed by atoms with Gasteiger partial charge in [0.05, 0.1) is 0 Å². The number of halogens is 3. The molecule has 1 saturated heterocycles. The van der Waals surface area contributed by atoms with Crippen molar-refractivity contribution in [1.82, 2.24) is 4.90 Å². The number of hydrogen-bond acceptors (Lipinski definition) is 1. The molecule has 1 fully saturated rings. The molecule has 1 unspecified atom stereocenters. The molecule has 0 saturated carbocycles. The van der Waals surface area contributed by atoms with Gasteiger partial charge in [0, 0.05) is 28.0 Å². The second-order valence-corrected chi connectivity index (χ2v) is 5.80. The fourth-order valence-corrected chi connectivity index (χ4v) is 2.85. The summed E-state index contributed by atoms with van der Waals surface area (Å²) in [6, 6.07) is 6.02. The van der Waals surface area contributed by atoms with E-state index in [0.717, 1.165) is 35.6 Å². The Balaban J connectivity index is 2.04. The third-order valence-electron chi connectivity index (χ3n) is 2.62. The van der Waals surface area contributed by atoms with Gasteiger partial charge in [-0.15, -0.1) is 11.6 Å². The molecular weight excluding hydrogens is 297 g/mol. The Kier molecular flexibility index (Phi) is 3.94. The molecule has 1 aromatic rings. The van der Waals surface area contributed by atoms with Crippen molar-refractivity contribution in [2.45, 2.75) is 18.3 Å². The Morgan fingerprint density at radius 1 is 1.47 bits per heavy atom. The highest BCUT2D eigenvalue weighted by Gasteiger charge is 2.20. The SMILES string of the molecule is Clc1cc(Br)ccc1CN1CCC(Cl)C1. The van der Waals surface area contributed by atoms with Crippen LogP contribution in [0.15, 0.2) is 22.7 Å². The van der Waals surface area contributed by atoms with Crippen molar-refractivity contribution >= 4 is 39.1 Å². The van der Waals surface area contributed by atoms with E-state index in [-0.39, 0.29) is 0 Å². The summed E-state index contributed by atoms with van der Waals surface area (Å²) in [6.07, 6.45) is 1.08. The van der Waals surface area contributed by atoms with Crippen LogP contribution in [0, 0.1) is 0 Å². The topological polar surface area (TPSA) is 3.24 Å². The zero-order valence-electron chi connectivity index (χ0n) is 8.22. The molecule has 0 aliphatic carbocycles. The van der Waals surface area contributed by atoms with Gasteiger partial charge in [-0.05, 0) is 30.7 Å². The van der Waals surface area contributed by atoms with Crippen LogP contribution in [0.25, 0.3) is 0 Å². The second kappa shape index (κ2) is 5.05. The molecule has 1 aliphatic rings. The van der Waals surface area contributed by atoms with Gasteiger partial charge in [-0.1, -0.05) is 33.6 Å². The van der Waals surface area contributed by atoms with E-state index in [0.29, 0.717) is 5.38 Å². The second-order valence-electron chi connectivity index (χ2n) is 3.86. The monoisotopic (exact) mass is 307 g/mol. The van der Waals surface area contributed by atoms with E-state index < -0.39 is 0 Å². The van der Waals surface area contributed by atoms with Crippen LogP contribution in [0.3, 0.4) is 0 Å². The van der Waals surface area contributed by atoms with E-state index in [1.807, 2.05) is 12.1 Å². The molecule has 0 bridgehead atoms. The van der Waals surface area contributed by atoms with Gasteiger partial charge in [-0.25, -0.2) is 0 Å². The fourth-order valence-electron chi connectivity index (χ4n) is 1.82. The minimum absolute atomic E-state index is 0.305. The maximum atomic E-state index is 6.15. The van der Waals surface area contributed by atoms with Gasteiger partial charge in [0.2, 0.25) is 0 Å². The summed E-state index contributed by atoms with van der Waals surface area (Å²) in [6.45, 7) is 2.93. The van der Waals surface area contributed by atoms with Crippen LogP contribution in [0.2, 0.25) is 5.02 Å². The van der Waals surface area contributed by atoms with Gasteiger partial charge in [-0.2, -0.15) is 0 Å². The zero-order valence-corrected chi connectivity index (χ0v) is 11.3. The molecule has 1 atom stereocenters. The predicted molar refractivity (Wildman–Crippen MR) is 68.7 cm³/mol. The quantitative estimate of drug-likeness (QED) is 0.749. The van der Waals surface area contributed by atoms with Crippen LogP contribution in [0.5, 0.6) is 0 Å². The van der Waals surface area contributed by atoms with Crippen LogP contribution in [-0.4, -0.2) is 23.4 Å². The van der Waals surface area contributed by atoms with Gasteiger partial charge in [-0.3, -0.25) is 4.90 Å². The molecule has 0 N–H and O–H groups in total. The normalized spacial score (nSPS) is 22.2. The summed E-state index contributed by atoms with van der Waals surface area (Å²) >= 11 is 15.6. The molecule has 0 radical (unpaired) electrons. The lowest BCUT2D eigenvalue weighted by molar-refractivity contribution is 0.332. The fraction of sp³-hybridized carbons (Fsp3) is 0.455. The van der Waals surface area contributed by atoms with Crippen LogP contribution >= 0.6 is 39.1 Å². The summed E-state index contributed by atoms with van der Waals surface area (Å²) < 4.78 is 1.02. The average molecular weight is 309 g/mol. The van der Waals surface area contributed by atoms with Crippen LogP contribution in [-0.2, 0) is 6.54 Å². The Labute approximate surface area is 108 Å². The summed E-state index contributed by atoms with van der Waals surface area (Å²) in [4.78, 5) is 2.34. The maximum Gasteiger partial charge on any atom is 0.0475 e. The number of hydrogen-bond donors (Lipinski definition) is 0. The Bertz CT molecular complexity index is 356. The first-order valence-electron chi connectivity index (χ1n) is 4.95. The molecule has 0 spiro atoms. The molecule has 0 amide bonds. The first-order valence-corrected chi connectivity index (χ1v) is 6.56. The third-order valence-corrected chi connectivity index (χ3v) is 3.83. The number of benzene rings is 1. The standard InChI is InChI=1S/C11H12BrCl2N/c12-9-2-1-8(11(14)5-9)6-15-4-3-10(13)7-15/h1-2,5,10H,3-4,6-7H2. The van der Waals surface area contributed by atoms with Crippen molar-refractivity contribution in [3.05, 3.63) is 33.3 Å². The highest BCUT2D eigenvalue weighted by molar-refractivity contribution is 9.10. The van der Waals surface area contributed by atoms with Crippen molar-refractivity contribution < 1.29 is 0 Å². The van der Waals surface area contributed by atoms with Crippen molar-refractivity contribution in [2.24, 2.45) is 0 Å². The zero-order chi connectivity index (χ0) is 10.8. The molecule has 4 heteroatoms. The highest BCUT2D eigenvalue weighted by atomic mass is 79.9. The Morgan fingerprint density at radius 3 is 2.87 bits per heavy atom. The van der Waals surface area contributed by atoms with Crippen molar-refractivity contribution in [1.29, 1.82) is 0 Å². The van der Waals surface area contributed by atoms with E-state index in [4.69, 9.17) is 23.2 Å². The van der Waals surface area contributed by atoms with E-state index in [2.05, 4.69) is 26.9 Å². The average Bonchev–Trinajstić information content (AvgIpc) is 2.56. The molecule has 2 rings (SSSR count). The molecule has 15 heavy (non-hydrogen) atoms. The molecule has 1 aliphatic heterocycles. The third kappa shape index (κ3) is 3.10. The number of nitrogens with zero attached hydrogens (tertiary/aromatic N) is 1. The predicted octanol–water partition coefficient (Wildman–Crippen LogP) is 3.92. The molecule has 1 heterocycles. The summed E-state index contributed by atoms with van der Waals surface area (Å²) in [5, 5.41) is 1.13. The van der Waals surface area contributed by atoms with Gasteiger partial charge in [0.25, 0.3) is 0 Å². The number of rotatable bonds is 2. The van der Waals surface area contributed by atoms with Gasteiger partial charge in [0.1, 0.15) is 0 Å². The minimum atomic E-state index is 0.305. The van der Waals surface area contributed by atoms with E-state index >= 15 is 0 Å². The summed E-state index contributed by atoms with van der Waals surface area (Å²) in [5.41, 5.74) is 1.17. The molecule has 82 valence electrons. The van der Waals surface area contributed by atoms with E-state index in [9.17, 15) is 0 Å². The van der Waals surface area contributed by atoms with Crippen molar-refractivity contribution in [3.63, 3.8) is 0 Å². The lowest BCUT2D eigenvalue weighted by Crippen LogP contribution is -2.20. The van der Waals surface area contributed by atoms with E-state index in [1.165, 1.54) is 5.56 Å². The van der Waals surface area contributed by atoms with Crippen LogP contribution in [0.4, 0.5) is 0 Å². The Hall–Kier alpha value is 0.240. The van der Waals surface area contributed by atoms with Gasteiger partial charge >= 0.3 is 0 Å². The van der Waals surface area contributed by atoms with Gasteiger partial charge < -0.3 is 0 Å². The van der Waals surface area contributed by atoms with E-state index in [1.54, 1.807) is 0 Å². The number of likely N-dealkylation sites (tertiary alicyclic amines) is 1. The smallest absolute Gasteiger partial charge is 0.0475 e. The largest absolute Gasteiger partial charge is 0.298 e. The maximum absolute atomic E-state index is 6.15. The van der Waals surface area contributed by atoms with Gasteiger partial charge in [0.15, 0.2) is 0 Å². The Morgan fingerprint density at radius 2 is 2.27 bits per heavy atom. The van der Waals surface area contributed by atoms with Crippen molar-refractivity contribution in [2.75, 3.05) is 13.1 Å². The minimum Gasteiger partial charge on any atom is -0.298 e. The first-order chi connectivity index (χ1) is 7.15.